The average Bonchev–Trinajstić information content (AvgIpc) is 3.68. The Morgan fingerprint density at radius 3 is 2.55 bits per heavy atom. The minimum absolute atomic E-state index is 0.127. The van der Waals surface area contributed by atoms with Crippen LogP contribution in [0.3, 0.4) is 0 Å². The molecule has 0 aliphatic rings. The van der Waals surface area contributed by atoms with Gasteiger partial charge in [0.2, 0.25) is 0 Å². The lowest BCUT2D eigenvalue weighted by Gasteiger charge is -2.11. The van der Waals surface area contributed by atoms with E-state index in [-0.39, 0.29) is 28.1 Å². The Kier molecular flexibility index (Phi) is 8.05. The fraction of sp³-hybridized carbons (Fsp3) is 0.0968. The van der Waals surface area contributed by atoms with Crippen LogP contribution in [0.2, 0.25) is 0 Å². The third-order valence-electron chi connectivity index (χ3n) is 6.90. The number of halogens is 1. The molecule has 6 rings (SSSR count). The van der Waals surface area contributed by atoms with Crippen molar-refractivity contribution < 1.29 is 17.6 Å². The number of nitrogen functional groups attached to an aromatic ring is 1. The van der Waals surface area contributed by atoms with E-state index in [0.717, 1.165) is 19.3 Å². The summed E-state index contributed by atoms with van der Waals surface area (Å²) in [5, 5.41) is 6.57. The molecule has 0 saturated carbocycles. The molecule has 10 nitrogen and oxygen atoms in total. The number of hydrogen-bond donors (Lipinski definition) is 3. The predicted molar refractivity (Wildman–Crippen MR) is 168 cm³/mol. The molecule has 222 valence electrons. The van der Waals surface area contributed by atoms with Gasteiger partial charge in [0, 0.05) is 34.3 Å². The summed E-state index contributed by atoms with van der Waals surface area (Å²) in [5.74, 6) is 0.00806. The van der Waals surface area contributed by atoms with Gasteiger partial charge in [-0.2, -0.15) is 0 Å². The Morgan fingerprint density at radius 1 is 0.955 bits per heavy atom. The highest BCUT2D eigenvalue weighted by Gasteiger charge is 2.25. The number of fused-ring (bicyclic) bond motifs is 1. The first kappa shape index (κ1) is 29.0. The number of benzene rings is 2. The lowest BCUT2D eigenvalue weighted by atomic mass is 10.1. The van der Waals surface area contributed by atoms with E-state index in [1.807, 2.05) is 12.1 Å². The largest absolute Gasteiger partial charge is 0.383 e. The third-order valence-corrected chi connectivity index (χ3v) is 9.69. The van der Waals surface area contributed by atoms with E-state index >= 15 is 0 Å². The van der Waals surface area contributed by atoms with E-state index in [4.69, 9.17) is 5.73 Å². The van der Waals surface area contributed by atoms with Crippen molar-refractivity contribution in [2.24, 2.45) is 0 Å². The molecule has 6 aromatic rings. The minimum Gasteiger partial charge on any atom is -0.383 e. The van der Waals surface area contributed by atoms with Gasteiger partial charge in [-0.15, -0.1) is 11.3 Å². The molecule has 44 heavy (non-hydrogen) atoms. The second-order valence-corrected chi connectivity index (χ2v) is 12.7. The summed E-state index contributed by atoms with van der Waals surface area (Å²) in [7, 11) is -3.94. The van der Waals surface area contributed by atoms with Gasteiger partial charge in [-0.25, -0.2) is 31.7 Å². The van der Waals surface area contributed by atoms with Gasteiger partial charge in [-0.1, -0.05) is 30.3 Å². The quantitative estimate of drug-likeness (QED) is 0.190. The highest BCUT2D eigenvalue weighted by atomic mass is 32.2. The fourth-order valence-corrected chi connectivity index (χ4v) is 7.02. The molecule has 0 bridgehead atoms. The summed E-state index contributed by atoms with van der Waals surface area (Å²) in [6, 6.07) is 21.4. The van der Waals surface area contributed by atoms with Crippen molar-refractivity contribution >= 4 is 49.9 Å². The zero-order chi connectivity index (χ0) is 30.7. The summed E-state index contributed by atoms with van der Waals surface area (Å²) < 4.78 is 41.3. The van der Waals surface area contributed by atoms with Crippen LogP contribution in [-0.4, -0.2) is 39.8 Å². The number of nitrogens with zero attached hydrogens (tertiary/aromatic N) is 4. The number of carbonyl (C=O) groups is 1. The smallest absolute Gasteiger partial charge is 0.269 e. The van der Waals surface area contributed by atoms with E-state index in [9.17, 15) is 17.6 Å². The number of thiophene rings is 1. The lowest BCUT2D eigenvalue weighted by Crippen LogP contribution is -2.26. The molecule has 13 heteroatoms. The van der Waals surface area contributed by atoms with Gasteiger partial charge in [0.25, 0.3) is 15.9 Å². The number of nitrogens with two attached hydrogens (primary N) is 1. The first-order valence-corrected chi connectivity index (χ1v) is 15.8. The standard InChI is InChI=1S/C31H26FN7O3S2/c32-21-10-8-20(9-11-21)14-16-35-31(40)24-7-4-15-34-29(24)36-17-22-12-13-26(43-22)25-18-39(30-27(25)28(33)37-19-38-30)44(41,42)23-5-2-1-3-6-23/h1-13,15,18-19H,14,16-17H2,(H,34,36)(H,35,40)(H2,33,37,38). The average molecular weight is 628 g/mol. The van der Waals surface area contributed by atoms with Crippen molar-refractivity contribution in [3.63, 3.8) is 0 Å². The van der Waals surface area contributed by atoms with Gasteiger partial charge < -0.3 is 16.4 Å². The maximum absolute atomic E-state index is 13.5. The van der Waals surface area contributed by atoms with Crippen molar-refractivity contribution in [3.05, 3.63) is 119 Å². The Labute approximate surface area is 256 Å². The molecule has 4 aromatic heterocycles. The number of hydrogen-bond acceptors (Lipinski definition) is 9. The first-order chi connectivity index (χ1) is 21.3. The minimum atomic E-state index is -3.94. The number of aromatic nitrogens is 4. The molecule has 4 N–H and O–H groups in total. The van der Waals surface area contributed by atoms with Crippen LogP contribution < -0.4 is 16.4 Å². The Hall–Kier alpha value is -5.14. The van der Waals surface area contributed by atoms with Crippen LogP contribution in [-0.2, 0) is 23.0 Å². The van der Waals surface area contributed by atoms with E-state index in [1.54, 1.807) is 48.7 Å². The number of anilines is 2. The maximum Gasteiger partial charge on any atom is 0.269 e. The zero-order valence-electron chi connectivity index (χ0n) is 23.1. The number of pyridine rings is 1. The second-order valence-electron chi connectivity index (χ2n) is 9.77. The molecule has 2 aromatic carbocycles. The normalized spacial score (nSPS) is 11.5. The molecule has 0 aliphatic carbocycles. The third kappa shape index (κ3) is 5.87. The van der Waals surface area contributed by atoms with Gasteiger partial charge in [-0.05, 0) is 60.5 Å². The van der Waals surface area contributed by atoms with Crippen molar-refractivity contribution in [2.75, 3.05) is 17.6 Å². The van der Waals surface area contributed by atoms with E-state index in [2.05, 4.69) is 25.6 Å². The van der Waals surface area contributed by atoms with Crippen LogP contribution in [0.25, 0.3) is 21.5 Å². The molecule has 0 radical (unpaired) electrons. The number of carbonyl (C=O) groups excluding carboxylic acids is 1. The summed E-state index contributed by atoms with van der Waals surface area (Å²) >= 11 is 1.44. The summed E-state index contributed by atoms with van der Waals surface area (Å²) in [6.45, 7) is 0.748. The fourth-order valence-electron chi connectivity index (χ4n) is 4.72. The van der Waals surface area contributed by atoms with Crippen LogP contribution in [0.5, 0.6) is 0 Å². The van der Waals surface area contributed by atoms with E-state index in [0.29, 0.717) is 41.8 Å². The van der Waals surface area contributed by atoms with Crippen molar-refractivity contribution in [3.8, 4) is 10.4 Å². The molecular formula is C31H26FN7O3S2. The number of nitrogens with one attached hydrogen (secondary N) is 2. The van der Waals surface area contributed by atoms with E-state index in [1.165, 1.54) is 48.1 Å². The number of rotatable bonds is 10. The molecule has 0 unspecified atom stereocenters. The summed E-state index contributed by atoms with van der Waals surface area (Å²) in [4.78, 5) is 27.5. The van der Waals surface area contributed by atoms with Gasteiger partial charge in [0.15, 0.2) is 5.65 Å². The molecule has 0 aliphatic heterocycles. The van der Waals surface area contributed by atoms with Crippen LogP contribution >= 0.6 is 11.3 Å². The van der Waals surface area contributed by atoms with Crippen molar-refractivity contribution in [1.82, 2.24) is 24.2 Å². The Morgan fingerprint density at radius 2 is 1.75 bits per heavy atom. The Balaban J connectivity index is 1.20. The molecule has 4 heterocycles. The van der Waals surface area contributed by atoms with Crippen LogP contribution in [0.4, 0.5) is 16.0 Å². The molecule has 0 spiro atoms. The van der Waals surface area contributed by atoms with Gasteiger partial charge in [0.05, 0.1) is 22.4 Å². The monoisotopic (exact) mass is 627 g/mol. The molecular weight excluding hydrogens is 602 g/mol. The SMILES string of the molecule is Nc1ncnc2c1c(-c1ccc(CNc3ncccc3C(=O)NCCc3ccc(F)cc3)s1)cn2S(=O)(=O)c1ccccc1. The lowest BCUT2D eigenvalue weighted by molar-refractivity contribution is 0.0954. The van der Waals surface area contributed by atoms with Crippen LogP contribution in [0.15, 0.2) is 102 Å². The predicted octanol–water partition coefficient (Wildman–Crippen LogP) is 5.10. The van der Waals surface area contributed by atoms with Crippen LogP contribution in [0.1, 0.15) is 20.8 Å². The number of amides is 1. The summed E-state index contributed by atoms with van der Waals surface area (Å²) in [5.41, 5.74) is 8.31. The van der Waals surface area contributed by atoms with Crippen molar-refractivity contribution in [1.29, 1.82) is 0 Å². The van der Waals surface area contributed by atoms with E-state index < -0.39 is 10.0 Å². The second kappa shape index (κ2) is 12.2. The molecule has 0 fully saturated rings. The zero-order valence-corrected chi connectivity index (χ0v) is 24.8. The highest BCUT2D eigenvalue weighted by Crippen LogP contribution is 2.38. The van der Waals surface area contributed by atoms with Gasteiger partial charge in [-0.3, -0.25) is 4.79 Å². The first-order valence-electron chi connectivity index (χ1n) is 13.5. The highest BCUT2D eigenvalue weighted by molar-refractivity contribution is 7.90. The maximum atomic E-state index is 13.5. The topological polar surface area (TPSA) is 145 Å². The van der Waals surface area contributed by atoms with Crippen molar-refractivity contribution in [2.45, 2.75) is 17.9 Å². The molecule has 1 amide bonds. The van der Waals surface area contributed by atoms with Crippen LogP contribution in [0, 0.1) is 5.82 Å². The van der Waals surface area contributed by atoms with Gasteiger partial charge in [0.1, 0.15) is 23.8 Å². The summed E-state index contributed by atoms with van der Waals surface area (Å²) in [6.07, 6.45) is 4.92. The molecule has 0 saturated heterocycles. The molecule has 0 atom stereocenters. The van der Waals surface area contributed by atoms with Gasteiger partial charge >= 0.3 is 0 Å². The Bertz CT molecular complexity index is 2060.